The maximum Gasteiger partial charge on any atom is 0.264 e. The van der Waals surface area contributed by atoms with Gasteiger partial charge in [-0.25, -0.2) is 8.42 Å². The zero-order valence-corrected chi connectivity index (χ0v) is 19.1. The molecule has 0 aliphatic heterocycles. The van der Waals surface area contributed by atoms with Crippen LogP contribution in [-0.2, 0) is 19.6 Å². The maximum absolute atomic E-state index is 13.4. The number of carbonyl (C=O) groups excluding carboxylic acids is 2. The molecule has 9 heteroatoms. The highest BCUT2D eigenvalue weighted by atomic mass is 35.5. The molecule has 0 bridgehead atoms. The molecule has 0 saturated heterocycles. The van der Waals surface area contributed by atoms with Crippen molar-refractivity contribution in [3.05, 3.63) is 83.4 Å². The van der Waals surface area contributed by atoms with Crippen molar-refractivity contribution >= 4 is 50.5 Å². The number of hydrogen-bond donors (Lipinski definition) is 2. The summed E-state index contributed by atoms with van der Waals surface area (Å²) >= 11 is 6.04. The van der Waals surface area contributed by atoms with Gasteiger partial charge in [-0.2, -0.15) is 0 Å². The number of nitrogens with one attached hydrogen (secondary N) is 2. The van der Waals surface area contributed by atoms with E-state index in [-0.39, 0.29) is 10.8 Å². The number of amides is 2. The van der Waals surface area contributed by atoms with E-state index in [9.17, 15) is 18.0 Å². The first-order valence-electron chi connectivity index (χ1n) is 9.68. The van der Waals surface area contributed by atoms with E-state index in [0.29, 0.717) is 27.6 Å². The van der Waals surface area contributed by atoms with Crippen LogP contribution in [0.5, 0.6) is 0 Å². The largest absolute Gasteiger partial charge is 0.326 e. The fourth-order valence-electron chi connectivity index (χ4n) is 3.09. The Hall–Kier alpha value is -3.36. The summed E-state index contributed by atoms with van der Waals surface area (Å²) in [4.78, 5) is 24.0. The second kappa shape index (κ2) is 9.84. The molecular formula is C23H22ClN3O4S. The molecule has 2 N–H and O–H groups in total. The predicted molar refractivity (Wildman–Crippen MR) is 127 cm³/mol. The smallest absolute Gasteiger partial charge is 0.264 e. The predicted octanol–water partition coefficient (Wildman–Crippen LogP) is 4.44. The molecule has 2 amide bonds. The van der Waals surface area contributed by atoms with Crippen LogP contribution in [0.3, 0.4) is 0 Å². The van der Waals surface area contributed by atoms with E-state index in [2.05, 4.69) is 10.6 Å². The zero-order valence-electron chi connectivity index (χ0n) is 17.5. The van der Waals surface area contributed by atoms with E-state index in [0.717, 1.165) is 4.31 Å². The minimum atomic E-state index is -4.02. The molecule has 0 radical (unpaired) electrons. The Morgan fingerprint density at radius 3 is 2.06 bits per heavy atom. The molecule has 3 aromatic rings. The van der Waals surface area contributed by atoms with E-state index in [1.807, 2.05) is 0 Å². The average Bonchev–Trinajstić information content (AvgIpc) is 2.74. The first-order valence-corrected chi connectivity index (χ1v) is 11.5. The molecule has 0 aliphatic carbocycles. The molecule has 3 aromatic carbocycles. The quantitative estimate of drug-likeness (QED) is 0.532. The van der Waals surface area contributed by atoms with Crippen molar-refractivity contribution < 1.29 is 18.0 Å². The van der Waals surface area contributed by atoms with Crippen LogP contribution in [0.4, 0.5) is 17.1 Å². The van der Waals surface area contributed by atoms with Crippen LogP contribution in [-0.4, -0.2) is 26.8 Å². The number of hydrogen-bond acceptors (Lipinski definition) is 4. The third-order valence-electron chi connectivity index (χ3n) is 4.53. The van der Waals surface area contributed by atoms with Gasteiger partial charge in [-0.3, -0.25) is 13.9 Å². The van der Waals surface area contributed by atoms with Crippen molar-refractivity contribution in [3.8, 4) is 0 Å². The van der Waals surface area contributed by atoms with Gasteiger partial charge in [0.1, 0.15) is 6.54 Å². The van der Waals surface area contributed by atoms with Crippen molar-refractivity contribution in [1.82, 2.24) is 0 Å². The third-order valence-corrected chi connectivity index (χ3v) is 6.54. The van der Waals surface area contributed by atoms with Gasteiger partial charge in [0.25, 0.3) is 10.0 Å². The Bertz CT molecular complexity index is 1230. The van der Waals surface area contributed by atoms with Crippen molar-refractivity contribution in [2.75, 3.05) is 21.5 Å². The number of carbonyl (C=O) groups is 2. The van der Waals surface area contributed by atoms with Gasteiger partial charge in [0.15, 0.2) is 0 Å². The number of rotatable bonds is 7. The summed E-state index contributed by atoms with van der Waals surface area (Å²) in [6.45, 7) is 2.69. The Morgan fingerprint density at radius 1 is 0.906 bits per heavy atom. The van der Waals surface area contributed by atoms with Crippen LogP contribution < -0.4 is 14.9 Å². The van der Waals surface area contributed by atoms with E-state index in [4.69, 9.17) is 11.6 Å². The third kappa shape index (κ3) is 5.66. The van der Waals surface area contributed by atoms with Gasteiger partial charge >= 0.3 is 0 Å². The highest BCUT2D eigenvalue weighted by Crippen LogP contribution is 2.29. The number of nitrogens with zero attached hydrogens (tertiary/aromatic N) is 1. The molecule has 0 fully saturated rings. The monoisotopic (exact) mass is 471 g/mol. The first-order chi connectivity index (χ1) is 15.2. The van der Waals surface area contributed by atoms with Crippen LogP contribution in [0, 0.1) is 6.92 Å². The van der Waals surface area contributed by atoms with Gasteiger partial charge in [0, 0.05) is 23.3 Å². The van der Waals surface area contributed by atoms with Crippen LogP contribution >= 0.6 is 11.6 Å². The molecule has 166 valence electrons. The Labute approximate surface area is 192 Å². The summed E-state index contributed by atoms with van der Waals surface area (Å²) in [6, 6.07) is 19.2. The summed E-state index contributed by atoms with van der Waals surface area (Å²) < 4.78 is 27.8. The molecule has 0 heterocycles. The lowest BCUT2D eigenvalue weighted by Crippen LogP contribution is -2.38. The van der Waals surface area contributed by atoms with Crippen LogP contribution in [0.15, 0.2) is 77.7 Å². The Morgan fingerprint density at radius 2 is 1.50 bits per heavy atom. The van der Waals surface area contributed by atoms with Gasteiger partial charge in [0.05, 0.1) is 10.6 Å². The summed E-state index contributed by atoms with van der Waals surface area (Å²) in [6.07, 6.45) is 0. The molecule has 0 aliphatic rings. The van der Waals surface area contributed by atoms with Crippen LogP contribution in [0.1, 0.15) is 12.5 Å². The number of sulfonamides is 1. The molecule has 0 spiro atoms. The van der Waals surface area contributed by atoms with Crippen molar-refractivity contribution in [1.29, 1.82) is 0 Å². The lowest BCUT2D eigenvalue weighted by atomic mass is 10.2. The number of anilines is 3. The Kier molecular flexibility index (Phi) is 7.17. The second-order valence-electron chi connectivity index (χ2n) is 7.06. The molecule has 0 aromatic heterocycles. The topological polar surface area (TPSA) is 95.6 Å². The Balaban J connectivity index is 1.89. The summed E-state index contributed by atoms with van der Waals surface area (Å²) in [5.41, 5.74) is 2.02. The second-order valence-corrected chi connectivity index (χ2v) is 9.36. The lowest BCUT2D eigenvalue weighted by molar-refractivity contribution is -0.115. The summed E-state index contributed by atoms with van der Waals surface area (Å²) in [7, 11) is -4.02. The molecule has 3 rings (SSSR count). The maximum atomic E-state index is 13.4. The molecular weight excluding hydrogens is 450 g/mol. The van der Waals surface area contributed by atoms with Gasteiger partial charge < -0.3 is 10.6 Å². The van der Waals surface area contributed by atoms with Gasteiger partial charge in [-0.1, -0.05) is 29.8 Å². The minimum Gasteiger partial charge on any atom is -0.326 e. The van der Waals surface area contributed by atoms with Crippen molar-refractivity contribution in [2.45, 2.75) is 18.7 Å². The molecule has 7 nitrogen and oxygen atoms in total. The number of aryl methyl sites for hydroxylation is 1. The van der Waals surface area contributed by atoms with E-state index in [1.165, 1.54) is 19.1 Å². The lowest BCUT2D eigenvalue weighted by Gasteiger charge is -2.25. The minimum absolute atomic E-state index is 0.0711. The molecule has 0 unspecified atom stereocenters. The van der Waals surface area contributed by atoms with Crippen molar-refractivity contribution in [2.24, 2.45) is 0 Å². The van der Waals surface area contributed by atoms with Crippen LogP contribution in [0.25, 0.3) is 0 Å². The van der Waals surface area contributed by atoms with E-state index < -0.39 is 22.5 Å². The first kappa shape index (κ1) is 23.3. The SMILES string of the molecule is CC(=O)Nc1ccc(NC(=O)CN(c2ccc(Cl)cc2C)S(=O)(=O)c2ccccc2)cc1. The molecule has 32 heavy (non-hydrogen) atoms. The average molecular weight is 472 g/mol. The molecule has 0 atom stereocenters. The summed E-state index contributed by atoms with van der Waals surface area (Å²) in [5, 5.41) is 5.80. The summed E-state index contributed by atoms with van der Waals surface area (Å²) in [5.74, 6) is -0.729. The van der Waals surface area contributed by atoms with E-state index >= 15 is 0 Å². The van der Waals surface area contributed by atoms with Gasteiger partial charge in [0.2, 0.25) is 11.8 Å². The van der Waals surface area contributed by atoms with Crippen LogP contribution in [0.2, 0.25) is 5.02 Å². The number of halogens is 1. The standard InChI is InChI=1S/C23H22ClN3O4S/c1-16-14-18(24)8-13-22(16)27(32(30,31)21-6-4-3-5-7-21)15-23(29)26-20-11-9-19(10-12-20)25-17(2)28/h3-14H,15H2,1-2H3,(H,25,28)(H,26,29). The molecule has 0 saturated carbocycles. The van der Waals surface area contributed by atoms with Gasteiger partial charge in [-0.15, -0.1) is 0 Å². The normalized spacial score (nSPS) is 11.0. The highest BCUT2D eigenvalue weighted by Gasteiger charge is 2.28. The van der Waals surface area contributed by atoms with E-state index in [1.54, 1.807) is 67.6 Å². The highest BCUT2D eigenvalue weighted by molar-refractivity contribution is 7.92. The number of benzene rings is 3. The van der Waals surface area contributed by atoms with Crippen molar-refractivity contribution in [3.63, 3.8) is 0 Å². The zero-order chi connectivity index (χ0) is 23.3. The fraction of sp³-hybridized carbons (Fsp3) is 0.130. The van der Waals surface area contributed by atoms with Gasteiger partial charge in [-0.05, 0) is 67.1 Å². The fourth-order valence-corrected chi connectivity index (χ4v) is 4.82.